The van der Waals surface area contributed by atoms with Gasteiger partial charge in [-0.1, -0.05) is 35.3 Å². The van der Waals surface area contributed by atoms with Crippen molar-refractivity contribution in [1.29, 1.82) is 0 Å². The van der Waals surface area contributed by atoms with Crippen LogP contribution in [0.25, 0.3) is 16.7 Å². The molecule has 0 radical (unpaired) electrons. The first-order chi connectivity index (χ1) is 9.09. The van der Waals surface area contributed by atoms with Crippen LogP contribution in [0.3, 0.4) is 0 Å². The van der Waals surface area contributed by atoms with E-state index in [1.807, 2.05) is 0 Å². The quantitative estimate of drug-likeness (QED) is 0.736. The van der Waals surface area contributed by atoms with Crippen molar-refractivity contribution in [2.24, 2.45) is 0 Å². The van der Waals surface area contributed by atoms with Crippen LogP contribution in [-0.4, -0.2) is 9.55 Å². The number of benzene rings is 2. The summed E-state index contributed by atoms with van der Waals surface area (Å²) in [4.78, 5) is 4.16. The predicted molar refractivity (Wildman–Crippen MR) is 75.5 cm³/mol. The van der Waals surface area contributed by atoms with Crippen LogP contribution in [0.2, 0.25) is 10.0 Å². The van der Waals surface area contributed by atoms with Crippen LogP contribution in [-0.2, 0) is 0 Å². The van der Waals surface area contributed by atoms with E-state index >= 15 is 0 Å². The third-order valence-corrected chi connectivity index (χ3v) is 3.43. The van der Waals surface area contributed by atoms with Crippen molar-refractivity contribution in [3.8, 4) is 5.69 Å². The lowest BCUT2D eigenvalue weighted by Gasteiger charge is -2.08. The molecule has 0 aliphatic heterocycles. The number of rotatable bonds is 1. The second-order valence-electron chi connectivity index (χ2n) is 3.99. The standard InChI is InChI=1S/C13H8Cl2FN3/c14-7-3-1-5-9(11(7)16)19-10-6-2-4-8(15)12(10)18-13(19)17/h1-6H,(H2,17,18). The van der Waals surface area contributed by atoms with E-state index in [4.69, 9.17) is 28.9 Å². The lowest BCUT2D eigenvalue weighted by Crippen LogP contribution is -2.03. The van der Waals surface area contributed by atoms with E-state index in [1.165, 1.54) is 10.6 Å². The molecule has 0 fully saturated rings. The Morgan fingerprint density at radius 1 is 1.05 bits per heavy atom. The number of imidazole rings is 1. The summed E-state index contributed by atoms with van der Waals surface area (Å²) in [6.45, 7) is 0. The summed E-state index contributed by atoms with van der Waals surface area (Å²) >= 11 is 11.8. The van der Waals surface area contributed by atoms with Crippen LogP contribution < -0.4 is 5.73 Å². The highest BCUT2D eigenvalue weighted by molar-refractivity contribution is 6.35. The fourth-order valence-corrected chi connectivity index (χ4v) is 2.38. The molecule has 3 rings (SSSR count). The average molecular weight is 296 g/mol. The fourth-order valence-electron chi connectivity index (χ4n) is 2.00. The second kappa shape index (κ2) is 4.40. The molecule has 0 amide bonds. The van der Waals surface area contributed by atoms with Gasteiger partial charge in [-0.2, -0.15) is 0 Å². The Balaban J connectivity index is 2.40. The van der Waals surface area contributed by atoms with Crippen LogP contribution in [0.15, 0.2) is 36.4 Å². The maximum Gasteiger partial charge on any atom is 0.206 e. The van der Waals surface area contributed by atoms with Gasteiger partial charge < -0.3 is 5.73 Å². The lowest BCUT2D eigenvalue weighted by molar-refractivity contribution is 0.620. The number of hydrogen-bond acceptors (Lipinski definition) is 2. The largest absolute Gasteiger partial charge is 0.369 e. The molecule has 0 saturated carbocycles. The van der Waals surface area contributed by atoms with Gasteiger partial charge in [0.2, 0.25) is 5.95 Å². The van der Waals surface area contributed by atoms with E-state index in [0.717, 1.165) is 0 Å². The second-order valence-corrected chi connectivity index (χ2v) is 4.80. The van der Waals surface area contributed by atoms with Gasteiger partial charge in [-0.15, -0.1) is 0 Å². The number of fused-ring (bicyclic) bond motifs is 1. The summed E-state index contributed by atoms with van der Waals surface area (Å²) in [5.74, 6) is -0.389. The summed E-state index contributed by atoms with van der Waals surface area (Å²) < 4.78 is 15.6. The molecule has 96 valence electrons. The average Bonchev–Trinajstić information content (AvgIpc) is 2.71. The SMILES string of the molecule is Nc1nc2c(Cl)cccc2n1-c1cccc(Cl)c1F. The van der Waals surface area contributed by atoms with Gasteiger partial charge >= 0.3 is 0 Å². The molecule has 3 nitrogen and oxygen atoms in total. The highest BCUT2D eigenvalue weighted by Gasteiger charge is 2.16. The van der Waals surface area contributed by atoms with Crippen molar-refractivity contribution in [2.75, 3.05) is 5.73 Å². The molecule has 6 heteroatoms. The minimum absolute atomic E-state index is 0.0285. The Kier molecular flexibility index (Phi) is 2.84. The molecule has 2 aromatic carbocycles. The summed E-state index contributed by atoms with van der Waals surface area (Å²) in [5.41, 5.74) is 7.26. The molecule has 2 N–H and O–H groups in total. The van der Waals surface area contributed by atoms with Crippen molar-refractivity contribution in [1.82, 2.24) is 9.55 Å². The molecule has 0 spiro atoms. The zero-order valence-electron chi connectivity index (χ0n) is 9.57. The van der Waals surface area contributed by atoms with Gasteiger partial charge in [0.15, 0.2) is 5.82 Å². The highest BCUT2D eigenvalue weighted by atomic mass is 35.5. The normalized spacial score (nSPS) is 11.1. The summed E-state index contributed by atoms with van der Waals surface area (Å²) in [5, 5.41) is 0.492. The molecule has 0 bridgehead atoms. The fraction of sp³-hybridized carbons (Fsp3) is 0. The number of anilines is 1. The van der Waals surface area contributed by atoms with Crippen LogP contribution in [0.1, 0.15) is 0 Å². The van der Waals surface area contributed by atoms with Gasteiger partial charge in [0.25, 0.3) is 0 Å². The van der Waals surface area contributed by atoms with E-state index in [1.54, 1.807) is 30.3 Å². The van der Waals surface area contributed by atoms with Gasteiger partial charge in [0.1, 0.15) is 5.52 Å². The number of aromatic nitrogens is 2. The van der Waals surface area contributed by atoms with Crippen LogP contribution in [0.5, 0.6) is 0 Å². The summed E-state index contributed by atoms with van der Waals surface area (Å²) in [7, 11) is 0. The van der Waals surface area contributed by atoms with E-state index in [0.29, 0.717) is 16.1 Å². The number of hydrogen-bond donors (Lipinski definition) is 1. The zero-order valence-corrected chi connectivity index (χ0v) is 11.1. The number of nitrogens with zero attached hydrogens (tertiary/aromatic N) is 2. The molecule has 1 heterocycles. The summed E-state index contributed by atoms with van der Waals surface area (Å²) in [6, 6.07) is 9.93. The Morgan fingerprint density at radius 2 is 1.74 bits per heavy atom. The smallest absolute Gasteiger partial charge is 0.206 e. The third-order valence-electron chi connectivity index (χ3n) is 2.83. The van der Waals surface area contributed by atoms with Crippen molar-refractivity contribution in [3.63, 3.8) is 0 Å². The highest BCUT2D eigenvalue weighted by Crippen LogP contribution is 2.30. The molecule has 0 aliphatic rings. The molecule has 0 atom stereocenters. The molecule has 3 aromatic rings. The number of halogens is 3. The van der Waals surface area contributed by atoms with Crippen molar-refractivity contribution < 1.29 is 4.39 Å². The Hall–Kier alpha value is -1.78. The Bertz CT molecular complexity index is 783. The molecule has 19 heavy (non-hydrogen) atoms. The van der Waals surface area contributed by atoms with Gasteiger partial charge in [-0.25, -0.2) is 9.37 Å². The monoisotopic (exact) mass is 295 g/mol. The van der Waals surface area contributed by atoms with Crippen molar-refractivity contribution in [2.45, 2.75) is 0 Å². The first-order valence-electron chi connectivity index (χ1n) is 5.46. The lowest BCUT2D eigenvalue weighted by atomic mass is 10.2. The van der Waals surface area contributed by atoms with E-state index in [9.17, 15) is 4.39 Å². The zero-order chi connectivity index (χ0) is 13.6. The van der Waals surface area contributed by atoms with E-state index in [2.05, 4.69) is 4.98 Å². The predicted octanol–water partition coefficient (Wildman–Crippen LogP) is 4.05. The Labute approximate surface area is 118 Å². The minimum Gasteiger partial charge on any atom is -0.369 e. The van der Waals surface area contributed by atoms with Gasteiger partial charge in [0.05, 0.1) is 21.2 Å². The molecular formula is C13H8Cl2FN3. The molecule has 1 aromatic heterocycles. The molecule has 0 aliphatic carbocycles. The van der Waals surface area contributed by atoms with E-state index in [-0.39, 0.29) is 16.7 Å². The molecule has 0 unspecified atom stereocenters. The molecular weight excluding hydrogens is 288 g/mol. The topological polar surface area (TPSA) is 43.8 Å². The summed E-state index contributed by atoms with van der Waals surface area (Å²) in [6.07, 6.45) is 0. The van der Waals surface area contributed by atoms with Gasteiger partial charge in [0, 0.05) is 0 Å². The maximum absolute atomic E-state index is 14.1. The first-order valence-corrected chi connectivity index (χ1v) is 6.22. The van der Waals surface area contributed by atoms with Crippen LogP contribution in [0.4, 0.5) is 10.3 Å². The number of nitrogens with two attached hydrogens (primary N) is 1. The Morgan fingerprint density at radius 3 is 2.53 bits per heavy atom. The van der Waals surface area contributed by atoms with Crippen molar-refractivity contribution >= 4 is 40.2 Å². The van der Waals surface area contributed by atoms with E-state index < -0.39 is 5.82 Å². The van der Waals surface area contributed by atoms with Gasteiger partial charge in [-0.05, 0) is 24.3 Å². The minimum atomic E-state index is -0.546. The number of nitrogen functional groups attached to an aromatic ring is 1. The van der Waals surface area contributed by atoms with Crippen molar-refractivity contribution in [3.05, 3.63) is 52.3 Å². The first kappa shape index (κ1) is 12.3. The van der Waals surface area contributed by atoms with Crippen LogP contribution >= 0.6 is 23.2 Å². The van der Waals surface area contributed by atoms with Crippen LogP contribution in [0, 0.1) is 5.82 Å². The maximum atomic E-state index is 14.1. The molecule has 0 saturated heterocycles. The third kappa shape index (κ3) is 1.84. The van der Waals surface area contributed by atoms with Gasteiger partial charge in [-0.3, -0.25) is 4.57 Å². The number of para-hydroxylation sites is 1.